The SMILES string of the molecule is CN(C1CCCCC1)S(=O)(=O)c1ccc(F)c(C(N)=S)c1. The maximum absolute atomic E-state index is 13.6. The van der Waals surface area contributed by atoms with Crippen LogP contribution in [0, 0.1) is 5.82 Å². The van der Waals surface area contributed by atoms with Gasteiger partial charge in [-0.05, 0) is 31.0 Å². The zero-order valence-electron chi connectivity index (χ0n) is 11.9. The number of nitrogens with two attached hydrogens (primary N) is 1. The second-order valence-corrected chi connectivity index (χ2v) is 7.76. The largest absolute Gasteiger partial charge is 0.389 e. The normalized spacial score (nSPS) is 17.1. The Bertz CT molecular complexity index is 640. The van der Waals surface area contributed by atoms with Crippen molar-refractivity contribution in [1.29, 1.82) is 0 Å². The van der Waals surface area contributed by atoms with Crippen LogP contribution in [-0.2, 0) is 10.0 Å². The van der Waals surface area contributed by atoms with E-state index in [-0.39, 0.29) is 21.5 Å². The Hall–Kier alpha value is -1.05. The first-order valence-corrected chi connectivity index (χ1v) is 8.76. The number of nitrogens with zero attached hydrogens (tertiary/aromatic N) is 1. The maximum atomic E-state index is 13.6. The number of hydrogen-bond acceptors (Lipinski definition) is 3. The van der Waals surface area contributed by atoms with Gasteiger partial charge in [0.05, 0.1) is 4.90 Å². The van der Waals surface area contributed by atoms with E-state index < -0.39 is 15.8 Å². The van der Waals surface area contributed by atoms with Crippen molar-refractivity contribution in [3.63, 3.8) is 0 Å². The van der Waals surface area contributed by atoms with Gasteiger partial charge in [-0.15, -0.1) is 0 Å². The lowest BCUT2D eigenvalue weighted by Crippen LogP contribution is -2.38. The van der Waals surface area contributed by atoms with Crippen molar-refractivity contribution in [2.24, 2.45) is 5.73 Å². The summed E-state index contributed by atoms with van der Waals surface area (Å²) < 4.78 is 40.3. The minimum atomic E-state index is -3.66. The van der Waals surface area contributed by atoms with Crippen molar-refractivity contribution in [1.82, 2.24) is 4.31 Å². The highest BCUT2D eigenvalue weighted by atomic mass is 32.2. The number of benzene rings is 1. The van der Waals surface area contributed by atoms with Crippen molar-refractivity contribution >= 4 is 27.2 Å². The smallest absolute Gasteiger partial charge is 0.243 e. The number of thiocarbonyl (C=S) groups is 1. The van der Waals surface area contributed by atoms with Crippen molar-refractivity contribution in [2.75, 3.05) is 7.05 Å². The Morgan fingerprint density at radius 3 is 2.52 bits per heavy atom. The topological polar surface area (TPSA) is 63.4 Å². The van der Waals surface area contributed by atoms with Crippen LogP contribution >= 0.6 is 12.2 Å². The van der Waals surface area contributed by atoms with Gasteiger partial charge >= 0.3 is 0 Å². The van der Waals surface area contributed by atoms with Gasteiger partial charge in [0.2, 0.25) is 10.0 Å². The third-order valence-corrected chi connectivity index (χ3v) is 6.10. The average molecular weight is 330 g/mol. The molecular formula is C14H19FN2O2S2. The summed E-state index contributed by atoms with van der Waals surface area (Å²) >= 11 is 4.75. The van der Waals surface area contributed by atoms with E-state index in [0.717, 1.165) is 38.2 Å². The number of rotatable bonds is 4. The van der Waals surface area contributed by atoms with E-state index in [9.17, 15) is 12.8 Å². The Morgan fingerprint density at radius 1 is 1.33 bits per heavy atom. The molecule has 2 rings (SSSR count). The molecule has 0 amide bonds. The molecule has 21 heavy (non-hydrogen) atoms. The molecule has 4 nitrogen and oxygen atoms in total. The number of halogens is 1. The van der Waals surface area contributed by atoms with E-state index in [1.54, 1.807) is 7.05 Å². The summed E-state index contributed by atoms with van der Waals surface area (Å²) in [6.07, 6.45) is 4.93. The lowest BCUT2D eigenvalue weighted by atomic mass is 9.96. The van der Waals surface area contributed by atoms with Crippen LogP contribution in [0.3, 0.4) is 0 Å². The summed E-state index contributed by atoms with van der Waals surface area (Å²) in [4.78, 5) is -0.121. The minimum Gasteiger partial charge on any atom is -0.389 e. The third-order valence-electron chi connectivity index (χ3n) is 3.97. The molecule has 0 aromatic heterocycles. The minimum absolute atomic E-state index is 0.00193. The molecule has 116 valence electrons. The van der Waals surface area contributed by atoms with Crippen LogP contribution in [0.15, 0.2) is 23.1 Å². The van der Waals surface area contributed by atoms with Gasteiger partial charge in [0.15, 0.2) is 0 Å². The molecule has 2 N–H and O–H groups in total. The third kappa shape index (κ3) is 3.41. The Labute approximate surface area is 130 Å². The maximum Gasteiger partial charge on any atom is 0.243 e. The van der Waals surface area contributed by atoms with Crippen LogP contribution < -0.4 is 5.73 Å². The van der Waals surface area contributed by atoms with Crippen molar-refractivity contribution in [2.45, 2.75) is 43.0 Å². The Balaban J connectivity index is 2.34. The van der Waals surface area contributed by atoms with Crippen LogP contribution in [0.25, 0.3) is 0 Å². The van der Waals surface area contributed by atoms with Crippen LogP contribution in [0.2, 0.25) is 0 Å². The first-order chi connectivity index (χ1) is 9.84. The second-order valence-electron chi connectivity index (χ2n) is 5.32. The summed E-state index contributed by atoms with van der Waals surface area (Å²) in [5.74, 6) is -0.609. The summed E-state index contributed by atoms with van der Waals surface area (Å²) in [5.41, 5.74) is 5.39. The average Bonchev–Trinajstić information content (AvgIpc) is 2.47. The molecular weight excluding hydrogens is 311 g/mol. The fourth-order valence-corrected chi connectivity index (χ4v) is 4.26. The van der Waals surface area contributed by atoms with Crippen molar-refractivity contribution in [3.05, 3.63) is 29.6 Å². The van der Waals surface area contributed by atoms with E-state index in [4.69, 9.17) is 18.0 Å². The number of sulfonamides is 1. The first kappa shape index (κ1) is 16.3. The molecule has 0 saturated heterocycles. The summed E-state index contributed by atoms with van der Waals surface area (Å²) in [5, 5.41) is 0. The molecule has 0 radical (unpaired) electrons. The zero-order chi connectivity index (χ0) is 15.6. The predicted molar refractivity (Wildman–Crippen MR) is 84.1 cm³/mol. The van der Waals surface area contributed by atoms with Crippen molar-refractivity contribution < 1.29 is 12.8 Å². The molecule has 1 aromatic carbocycles. The molecule has 1 aliphatic rings. The van der Waals surface area contributed by atoms with Crippen LogP contribution in [0.4, 0.5) is 4.39 Å². The Kier molecular flexibility index (Phi) is 4.95. The lowest BCUT2D eigenvalue weighted by Gasteiger charge is -2.30. The second kappa shape index (κ2) is 6.37. The van der Waals surface area contributed by atoms with Gasteiger partial charge in [0.25, 0.3) is 0 Å². The molecule has 1 fully saturated rings. The van der Waals surface area contributed by atoms with E-state index in [1.807, 2.05) is 0 Å². The van der Waals surface area contributed by atoms with Gasteiger partial charge in [0, 0.05) is 18.7 Å². The summed E-state index contributed by atoms with van der Waals surface area (Å²) in [6.45, 7) is 0. The molecule has 1 aromatic rings. The van der Waals surface area contributed by atoms with Crippen LogP contribution in [-0.4, -0.2) is 30.8 Å². The quantitative estimate of drug-likeness (QED) is 0.861. The molecule has 0 unspecified atom stereocenters. The fourth-order valence-electron chi connectivity index (χ4n) is 2.66. The Morgan fingerprint density at radius 2 is 1.95 bits per heavy atom. The highest BCUT2D eigenvalue weighted by Crippen LogP contribution is 2.27. The van der Waals surface area contributed by atoms with E-state index in [0.29, 0.717) is 0 Å². The molecule has 7 heteroatoms. The van der Waals surface area contributed by atoms with E-state index in [1.165, 1.54) is 16.4 Å². The first-order valence-electron chi connectivity index (χ1n) is 6.91. The summed E-state index contributed by atoms with van der Waals surface area (Å²) in [6, 6.07) is 3.57. The molecule has 0 bridgehead atoms. The highest BCUT2D eigenvalue weighted by Gasteiger charge is 2.29. The molecule has 0 atom stereocenters. The highest BCUT2D eigenvalue weighted by molar-refractivity contribution is 7.89. The van der Waals surface area contributed by atoms with Gasteiger partial charge in [-0.2, -0.15) is 4.31 Å². The van der Waals surface area contributed by atoms with Gasteiger partial charge in [0.1, 0.15) is 10.8 Å². The fraction of sp³-hybridized carbons (Fsp3) is 0.500. The van der Waals surface area contributed by atoms with E-state index in [2.05, 4.69) is 0 Å². The van der Waals surface area contributed by atoms with Gasteiger partial charge in [-0.25, -0.2) is 12.8 Å². The van der Waals surface area contributed by atoms with Gasteiger partial charge in [-0.3, -0.25) is 0 Å². The molecule has 0 aliphatic heterocycles. The number of hydrogen-bond donors (Lipinski definition) is 1. The molecule has 0 spiro atoms. The van der Waals surface area contributed by atoms with Gasteiger partial charge in [-0.1, -0.05) is 31.5 Å². The van der Waals surface area contributed by atoms with Crippen LogP contribution in [0.5, 0.6) is 0 Å². The molecule has 1 saturated carbocycles. The predicted octanol–water partition coefficient (Wildman–Crippen LogP) is 2.41. The monoisotopic (exact) mass is 330 g/mol. The summed E-state index contributed by atoms with van der Waals surface area (Å²) in [7, 11) is -2.08. The lowest BCUT2D eigenvalue weighted by molar-refractivity contribution is 0.286. The van der Waals surface area contributed by atoms with E-state index >= 15 is 0 Å². The zero-order valence-corrected chi connectivity index (χ0v) is 13.5. The standard InChI is InChI=1S/C14H19FN2O2S2/c1-17(10-5-3-2-4-6-10)21(18,19)11-7-8-13(15)12(9-11)14(16)20/h7-10H,2-6H2,1H3,(H2,16,20). The van der Waals surface area contributed by atoms with Crippen molar-refractivity contribution in [3.8, 4) is 0 Å². The van der Waals surface area contributed by atoms with Gasteiger partial charge < -0.3 is 5.73 Å². The molecule has 0 heterocycles. The van der Waals surface area contributed by atoms with Crippen LogP contribution in [0.1, 0.15) is 37.7 Å². The molecule has 1 aliphatic carbocycles.